The Kier molecular flexibility index (Phi) is 8.42. The van der Waals surface area contributed by atoms with Crippen molar-refractivity contribution in [2.45, 2.75) is 10.7 Å². The summed E-state index contributed by atoms with van der Waals surface area (Å²) in [4.78, 5) is 0. The minimum Gasteiger partial charge on any atom is -0.497 e. The Bertz CT molecular complexity index is 443. The van der Waals surface area contributed by atoms with Crippen LogP contribution in [0.15, 0.2) is 53.0 Å². The molecular formula is C15H15Br3O. The Morgan fingerprint density at radius 1 is 0.789 bits per heavy atom. The summed E-state index contributed by atoms with van der Waals surface area (Å²) in [5, 5.41) is 1.83. The van der Waals surface area contributed by atoms with Crippen molar-refractivity contribution in [3.05, 3.63) is 64.1 Å². The van der Waals surface area contributed by atoms with E-state index in [-0.39, 0.29) is 0 Å². The fourth-order valence-corrected chi connectivity index (χ4v) is 2.30. The quantitative estimate of drug-likeness (QED) is 0.526. The standard InChI is InChI=1S/C8H9BrO.C7H6Br2/c1-10-8-4-2-7(6-9)3-5-8;8-5-6-1-3-7(9)4-2-6/h2-5H,6H2,1H3;1-4H,5H2. The molecule has 1 nitrogen and oxygen atoms in total. The van der Waals surface area contributed by atoms with E-state index in [2.05, 4.69) is 59.9 Å². The summed E-state index contributed by atoms with van der Waals surface area (Å²) < 4.78 is 6.13. The van der Waals surface area contributed by atoms with Gasteiger partial charge in [-0.1, -0.05) is 72.1 Å². The second-order valence-electron chi connectivity index (χ2n) is 3.74. The molecule has 0 radical (unpaired) electrons. The Morgan fingerprint density at radius 3 is 1.58 bits per heavy atom. The molecule has 2 aromatic carbocycles. The van der Waals surface area contributed by atoms with Crippen LogP contribution in [0.5, 0.6) is 5.75 Å². The van der Waals surface area contributed by atoms with Crippen molar-refractivity contribution in [2.75, 3.05) is 7.11 Å². The van der Waals surface area contributed by atoms with E-state index in [1.165, 1.54) is 11.1 Å². The van der Waals surface area contributed by atoms with Crippen molar-refractivity contribution in [1.82, 2.24) is 0 Å². The number of hydrogen-bond donors (Lipinski definition) is 0. The lowest BCUT2D eigenvalue weighted by Crippen LogP contribution is -1.82. The van der Waals surface area contributed by atoms with E-state index >= 15 is 0 Å². The first-order valence-electron chi connectivity index (χ1n) is 5.69. The normalized spacial score (nSPS) is 9.47. The summed E-state index contributed by atoms with van der Waals surface area (Å²) in [7, 11) is 1.67. The highest BCUT2D eigenvalue weighted by Gasteiger charge is 1.90. The predicted molar refractivity (Wildman–Crippen MR) is 92.4 cm³/mol. The Labute approximate surface area is 139 Å². The number of hydrogen-bond acceptors (Lipinski definition) is 1. The van der Waals surface area contributed by atoms with Gasteiger partial charge in [0, 0.05) is 15.1 Å². The summed E-state index contributed by atoms with van der Waals surface area (Å²) in [6.45, 7) is 0. The third-order valence-corrected chi connectivity index (χ3v) is 4.20. The summed E-state index contributed by atoms with van der Waals surface area (Å²) >= 11 is 10.1. The number of benzene rings is 2. The van der Waals surface area contributed by atoms with Gasteiger partial charge in [0.15, 0.2) is 0 Å². The van der Waals surface area contributed by atoms with Crippen LogP contribution < -0.4 is 4.74 Å². The van der Waals surface area contributed by atoms with Crippen LogP contribution in [0.2, 0.25) is 0 Å². The lowest BCUT2D eigenvalue weighted by Gasteiger charge is -1.98. The van der Waals surface area contributed by atoms with E-state index in [0.717, 1.165) is 20.9 Å². The second kappa shape index (κ2) is 9.56. The van der Waals surface area contributed by atoms with Gasteiger partial charge in [0.2, 0.25) is 0 Å². The topological polar surface area (TPSA) is 9.23 Å². The predicted octanol–water partition coefficient (Wildman–Crippen LogP) is 5.93. The first-order chi connectivity index (χ1) is 9.19. The molecule has 0 saturated carbocycles. The van der Waals surface area contributed by atoms with Crippen molar-refractivity contribution < 1.29 is 4.74 Å². The number of rotatable bonds is 3. The van der Waals surface area contributed by atoms with Gasteiger partial charge < -0.3 is 4.74 Å². The third-order valence-electron chi connectivity index (χ3n) is 2.38. The summed E-state index contributed by atoms with van der Waals surface area (Å²) in [6, 6.07) is 16.2. The van der Waals surface area contributed by atoms with Gasteiger partial charge in [-0.25, -0.2) is 0 Å². The van der Waals surface area contributed by atoms with Gasteiger partial charge in [-0.3, -0.25) is 0 Å². The van der Waals surface area contributed by atoms with E-state index < -0.39 is 0 Å². The molecule has 0 N–H and O–H groups in total. The van der Waals surface area contributed by atoms with Crippen molar-refractivity contribution in [2.24, 2.45) is 0 Å². The van der Waals surface area contributed by atoms with Crippen LogP contribution in [-0.2, 0) is 10.7 Å². The van der Waals surface area contributed by atoms with Crippen molar-refractivity contribution in [1.29, 1.82) is 0 Å². The highest BCUT2D eigenvalue weighted by Crippen LogP contribution is 2.13. The molecule has 0 saturated heterocycles. The van der Waals surface area contributed by atoms with Gasteiger partial charge >= 0.3 is 0 Å². The molecule has 0 heterocycles. The maximum absolute atomic E-state index is 5.00. The first kappa shape index (κ1) is 16.7. The van der Waals surface area contributed by atoms with Gasteiger partial charge in [-0.15, -0.1) is 0 Å². The fraction of sp³-hybridized carbons (Fsp3) is 0.200. The smallest absolute Gasteiger partial charge is 0.118 e. The molecule has 19 heavy (non-hydrogen) atoms. The zero-order chi connectivity index (χ0) is 14.1. The minimum absolute atomic E-state index is 0.900. The fourth-order valence-electron chi connectivity index (χ4n) is 1.29. The number of methoxy groups -OCH3 is 1. The number of alkyl halides is 2. The molecule has 4 heteroatoms. The van der Waals surface area contributed by atoms with Crippen molar-refractivity contribution in [3.63, 3.8) is 0 Å². The molecule has 102 valence electrons. The van der Waals surface area contributed by atoms with Crippen LogP contribution in [0.3, 0.4) is 0 Å². The third kappa shape index (κ3) is 6.59. The van der Waals surface area contributed by atoms with Crippen LogP contribution in [0.1, 0.15) is 11.1 Å². The van der Waals surface area contributed by atoms with Crippen LogP contribution in [0, 0.1) is 0 Å². The van der Waals surface area contributed by atoms with E-state index in [0.29, 0.717) is 0 Å². The van der Waals surface area contributed by atoms with E-state index in [9.17, 15) is 0 Å². The number of halogens is 3. The molecule has 0 atom stereocenters. The Hall–Kier alpha value is -0.320. The Balaban J connectivity index is 0.000000191. The van der Waals surface area contributed by atoms with Crippen molar-refractivity contribution >= 4 is 47.8 Å². The zero-order valence-electron chi connectivity index (χ0n) is 10.6. The molecular weight excluding hydrogens is 436 g/mol. The number of ether oxygens (including phenoxy) is 1. The maximum atomic E-state index is 5.00. The van der Waals surface area contributed by atoms with Crippen LogP contribution in [-0.4, -0.2) is 7.11 Å². The molecule has 2 rings (SSSR count). The summed E-state index contributed by atoms with van der Waals surface area (Å²) in [6.07, 6.45) is 0. The highest BCUT2D eigenvalue weighted by atomic mass is 79.9. The van der Waals surface area contributed by atoms with E-state index in [1.807, 2.05) is 36.4 Å². The summed E-state index contributed by atoms with van der Waals surface area (Å²) in [5.74, 6) is 0.907. The Morgan fingerprint density at radius 2 is 1.21 bits per heavy atom. The van der Waals surface area contributed by atoms with Gasteiger partial charge in [0.25, 0.3) is 0 Å². The molecule has 0 aromatic heterocycles. The molecule has 0 unspecified atom stereocenters. The van der Waals surface area contributed by atoms with Crippen molar-refractivity contribution in [3.8, 4) is 5.75 Å². The largest absolute Gasteiger partial charge is 0.497 e. The van der Waals surface area contributed by atoms with E-state index in [4.69, 9.17) is 4.74 Å². The van der Waals surface area contributed by atoms with Gasteiger partial charge in [0.1, 0.15) is 5.75 Å². The monoisotopic (exact) mass is 448 g/mol. The first-order valence-corrected chi connectivity index (χ1v) is 8.72. The highest BCUT2D eigenvalue weighted by molar-refractivity contribution is 9.10. The van der Waals surface area contributed by atoms with Crippen LogP contribution in [0.25, 0.3) is 0 Å². The molecule has 0 spiro atoms. The van der Waals surface area contributed by atoms with Crippen LogP contribution >= 0.6 is 47.8 Å². The maximum Gasteiger partial charge on any atom is 0.118 e. The molecule has 0 fully saturated rings. The van der Waals surface area contributed by atoms with Gasteiger partial charge in [-0.05, 0) is 35.4 Å². The summed E-state index contributed by atoms with van der Waals surface area (Å²) in [5.41, 5.74) is 2.57. The van der Waals surface area contributed by atoms with Crippen LogP contribution in [0.4, 0.5) is 0 Å². The molecule has 0 aliphatic carbocycles. The molecule has 0 amide bonds. The van der Waals surface area contributed by atoms with Gasteiger partial charge in [0.05, 0.1) is 7.11 Å². The molecule has 2 aromatic rings. The zero-order valence-corrected chi connectivity index (χ0v) is 15.3. The second-order valence-corrected chi connectivity index (χ2v) is 5.78. The minimum atomic E-state index is 0.900. The van der Waals surface area contributed by atoms with E-state index in [1.54, 1.807) is 7.11 Å². The molecule has 0 aliphatic heterocycles. The average Bonchev–Trinajstić information content (AvgIpc) is 2.49. The lowest BCUT2D eigenvalue weighted by atomic mass is 10.2. The SMILES string of the molecule is BrCc1ccc(Br)cc1.COc1ccc(CBr)cc1. The molecule has 0 aliphatic rings. The average molecular weight is 451 g/mol. The van der Waals surface area contributed by atoms with Gasteiger partial charge in [-0.2, -0.15) is 0 Å². The molecule has 0 bridgehead atoms. The lowest BCUT2D eigenvalue weighted by molar-refractivity contribution is 0.414.